The zero-order valence-electron chi connectivity index (χ0n) is 8.53. The summed E-state index contributed by atoms with van der Waals surface area (Å²) in [6.45, 7) is 0. The minimum Gasteiger partial charge on any atom is -0.289 e. The average molecular weight is 204 g/mol. The molecule has 2 aromatic carbocycles. The van der Waals surface area contributed by atoms with Crippen LogP contribution in [0.2, 0.25) is 0 Å². The molecular weight excluding hydrogens is 196 g/mol. The van der Waals surface area contributed by atoms with E-state index in [-0.39, 0.29) is 5.43 Å². The standard InChI is InChI=1S/C15H8O/c16-15-7-6-12-11-5-4-9-8-14(9)10(11)2-1-3-13(12)15/h1-8H. The van der Waals surface area contributed by atoms with E-state index in [0.717, 1.165) is 11.1 Å². The molecule has 0 heterocycles. The number of hydrogen-bond donors (Lipinski definition) is 0. The van der Waals surface area contributed by atoms with Gasteiger partial charge in [-0.05, 0) is 45.3 Å². The van der Waals surface area contributed by atoms with Gasteiger partial charge < -0.3 is 0 Å². The Bertz CT molecular complexity index is 816. The molecule has 0 radical (unpaired) electrons. The molecule has 1 nitrogen and oxygen atoms in total. The highest BCUT2D eigenvalue weighted by Gasteiger charge is 2.12. The normalized spacial score (nSPS) is 12.0. The van der Waals surface area contributed by atoms with Gasteiger partial charge in [0, 0.05) is 5.56 Å². The van der Waals surface area contributed by atoms with E-state index in [2.05, 4.69) is 24.3 Å². The van der Waals surface area contributed by atoms with E-state index in [1.54, 1.807) is 6.07 Å². The van der Waals surface area contributed by atoms with Gasteiger partial charge in [-0.15, -0.1) is 0 Å². The summed E-state index contributed by atoms with van der Waals surface area (Å²) in [5, 5.41) is 5.07. The second-order valence-electron chi connectivity index (χ2n) is 4.22. The molecular formula is C15H8O. The molecule has 4 rings (SSSR count). The lowest BCUT2D eigenvalue weighted by Gasteiger charge is -1.95. The van der Waals surface area contributed by atoms with Crippen molar-refractivity contribution >= 4 is 21.5 Å². The monoisotopic (exact) mass is 204 g/mol. The predicted molar refractivity (Wildman–Crippen MR) is 66.7 cm³/mol. The molecule has 0 spiro atoms. The van der Waals surface area contributed by atoms with E-state index in [1.165, 1.54) is 21.5 Å². The lowest BCUT2D eigenvalue weighted by molar-refractivity contribution is 1.72. The lowest BCUT2D eigenvalue weighted by atomic mass is 10.1. The summed E-state index contributed by atoms with van der Waals surface area (Å²) in [6, 6.07) is 16.0. The molecule has 0 amide bonds. The van der Waals surface area contributed by atoms with Crippen LogP contribution in [0.25, 0.3) is 32.7 Å². The van der Waals surface area contributed by atoms with Crippen LogP contribution in [-0.2, 0) is 0 Å². The van der Waals surface area contributed by atoms with Crippen molar-refractivity contribution in [1.29, 1.82) is 0 Å². The molecule has 2 aliphatic rings. The Kier molecular flexibility index (Phi) is 1.26. The van der Waals surface area contributed by atoms with Crippen LogP contribution < -0.4 is 5.43 Å². The van der Waals surface area contributed by atoms with E-state index >= 15 is 0 Å². The van der Waals surface area contributed by atoms with Gasteiger partial charge >= 0.3 is 0 Å². The lowest BCUT2D eigenvalue weighted by Crippen LogP contribution is -1.92. The Morgan fingerprint density at radius 1 is 0.688 bits per heavy atom. The first-order valence-electron chi connectivity index (χ1n) is 5.35. The fourth-order valence-corrected chi connectivity index (χ4v) is 2.43. The highest BCUT2D eigenvalue weighted by molar-refractivity contribution is 6.19. The van der Waals surface area contributed by atoms with E-state index in [0.29, 0.717) is 0 Å². The predicted octanol–water partition coefficient (Wildman–Crippen LogP) is 3.33. The van der Waals surface area contributed by atoms with Crippen LogP contribution in [0.15, 0.2) is 53.3 Å². The maximum atomic E-state index is 11.7. The van der Waals surface area contributed by atoms with Gasteiger partial charge in [0.2, 0.25) is 0 Å². The van der Waals surface area contributed by atoms with Gasteiger partial charge in [0.1, 0.15) is 0 Å². The highest BCUT2D eigenvalue weighted by Crippen LogP contribution is 2.36. The fraction of sp³-hybridized carbons (Fsp3) is 0. The van der Waals surface area contributed by atoms with Crippen LogP contribution in [0.5, 0.6) is 0 Å². The third kappa shape index (κ3) is 0.878. The first kappa shape index (κ1) is 8.05. The van der Waals surface area contributed by atoms with Gasteiger partial charge in [0.15, 0.2) is 5.43 Å². The number of rotatable bonds is 0. The maximum absolute atomic E-state index is 11.7. The first-order valence-corrected chi connectivity index (χ1v) is 5.35. The second-order valence-corrected chi connectivity index (χ2v) is 4.22. The summed E-state index contributed by atoms with van der Waals surface area (Å²) in [5.41, 5.74) is 1.99. The Morgan fingerprint density at radius 3 is 2.56 bits per heavy atom. The summed E-state index contributed by atoms with van der Waals surface area (Å²) >= 11 is 0. The molecule has 0 saturated carbocycles. The van der Waals surface area contributed by atoms with Crippen LogP contribution in [0.4, 0.5) is 0 Å². The van der Waals surface area contributed by atoms with Crippen molar-refractivity contribution in [3.63, 3.8) is 0 Å². The van der Waals surface area contributed by atoms with Crippen molar-refractivity contribution < 1.29 is 0 Å². The van der Waals surface area contributed by atoms with Crippen LogP contribution in [-0.4, -0.2) is 0 Å². The van der Waals surface area contributed by atoms with Crippen molar-refractivity contribution in [3.05, 3.63) is 58.8 Å². The summed E-state index contributed by atoms with van der Waals surface area (Å²) in [7, 11) is 0. The van der Waals surface area contributed by atoms with E-state index in [4.69, 9.17) is 0 Å². The van der Waals surface area contributed by atoms with Gasteiger partial charge in [0.25, 0.3) is 0 Å². The number of benzene rings is 1. The van der Waals surface area contributed by atoms with Crippen molar-refractivity contribution in [3.8, 4) is 11.1 Å². The van der Waals surface area contributed by atoms with Crippen molar-refractivity contribution in [2.24, 2.45) is 0 Å². The minimum absolute atomic E-state index is 0.112. The van der Waals surface area contributed by atoms with Crippen LogP contribution in [0.3, 0.4) is 0 Å². The van der Waals surface area contributed by atoms with Crippen LogP contribution in [0.1, 0.15) is 0 Å². The second kappa shape index (κ2) is 2.50. The molecule has 1 heteroatoms. The van der Waals surface area contributed by atoms with Crippen molar-refractivity contribution in [2.45, 2.75) is 0 Å². The highest BCUT2D eigenvalue weighted by atomic mass is 16.1. The third-order valence-corrected chi connectivity index (χ3v) is 3.31. The van der Waals surface area contributed by atoms with Crippen LogP contribution in [0, 0.1) is 0 Å². The zero-order chi connectivity index (χ0) is 10.7. The fourth-order valence-electron chi connectivity index (χ4n) is 2.43. The summed E-state index contributed by atoms with van der Waals surface area (Å²) in [6.07, 6.45) is 0. The molecule has 0 atom stereocenters. The smallest absolute Gasteiger partial charge is 0.186 e. The Labute approximate surface area is 92.0 Å². The molecule has 74 valence electrons. The molecule has 0 bridgehead atoms. The molecule has 2 aliphatic carbocycles. The van der Waals surface area contributed by atoms with Gasteiger partial charge in [-0.25, -0.2) is 0 Å². The van der Waals surface area contributed by atoms with Gasteiger partial charge in [-0.1, -0.05) is 30.3 Å². The Balaban J connectivity index is 2.32. The molecule has 0 unspecified atom stereocenters. The van der Waals surface area contributed by atoms with E-state index < -0.39 is 0 Å². The molecule has 0 aliphatic heterocycles. The first-order chi connectivity index (χ1) is 7.84. The molecule has 0 fully saturated rings. The van der Waals surface area contributed by atoms with E-state index in [1.807, 2.05) is 18.2 Å². The topological polar surface area (TPSA) is 17.1 Å². The SMILES string of the molecule is O=c1ccc2c3ccc4cc4c3cccc1-2. The maximum Gasteiger partial charge on any atom is 0.186 e. The number of hydrogen-bond acceptors (Lipinski definition) is 1. The molecule has 0 aromatic heterocycles. The van der Waals surface area contributed by atoms with Crippen LogP contribution >= 0.6 is 0 Å². The zero-order valence-corrected chi connectivity index (χ0v) is 8.53. The minimum atomic E-state index is 0.112. The summed E-state index contributed by atoms with van der Waals surface area (Å²) in [4.78, 5) is 11.7. The summed E-state index contributed by atoms with van der Waals surface area (Å²) < 4.78 is 0. The van der Waals surface area contributed by atoms with E-state index in [9.17, 15) is 4.79 Å². The molecule has 0 saturated heterocycles. The van der Waals surface area contributed by atoms with Gasteiger partial charge in [-0.3, -0.25) is 4.79 Å². The third-order valence-electron chi connectivity index (χ3n) is 3.31. The van der Waals surface area contributed by atoms with Gasteiger partial charge in [-0.2, -0.15) is 0 Å². The largest absolute Gasteiger partial charge is 0.289 e. The quantitative estimate of drug-likeness (QED) is 0.429. The van der Waals surface area contributed by atoms with Gasteiger partial charge in [0.05, 0.1) is 0 Å². The summed E-state index contributed by atoms with van der Waals surface area (Å²) in [5.74, 6) is 0. The Hall–Kier alpha value is -2.15. The van der Waals surface area contributed by atoms with Crippen molar-refractivity contribution in [2.75, 3.05) is 0 Å². The Morgan fingerprint density at radius 2 is 1.62 bits per heavy atom. The molecule has 16 heavy (non-hydrogen) atoms. The molecule has 2 aromatic rings. The number of fused-ring (bicyclic) bond motifs is 5. The van der Waals surface area contributed by atoms with Crippen molar-refractivity contribution in [1.82, 2.24) is 0 Å². The average Bonchev–Trinajstić information content (AvgIpc) is 3.02. The molecule has 0 N–H and O–H groups in total.